The average molecular weight is 441 g/mol. The zero-order valence-corrected chi connectivity index (χ0v) is 20.2. The third-order valence-corrected chi connectivity index (χ3v) is 9.39. The highest BCUT2D eigenvalue weighted by Crippen LogP contribution is 2.54. The SMILES string of the molecule is COc1ccc(C(=CC=CC2(C(C)(C)C)SCCCS2)c2ccc(OC)cc2)cc1. The Morgan fingerprint density at radius 2 is 1.30 bits per heavy atom. The summed E-state index contributed by atoms with van der Waals surface area (Å²) in [6.45, 7) is 7.04. The summed E-state index contributed by atoms with van der Waals surface area (Å²) < 4.78 is 10.8. The van der Waals surface area contributed by atoms with E-state index in [1.807, 2.05) is 24.3 Å². The Kier molecular flexibility index (Phi) is 7.65. The zero-order chi connectivity index (χ0) is 21.6. The van der Waals surface area contributed by atoms with E-state index in [1.165, 1.54) is 34.6 Å². The van der Waals surface area contributed by atoms with E-state index in [9.17, 15) is 0 Å². The van der Waals surface area contributed by atoms with Gasteiger partial charge in [0, 0.05) is 0 Å². The van der Waals surface area contributed by atoms with E-state index in [2.05, 4.69) is 86.8 Å². The number of hydrogen-bond acceptors (Lipinski definition) is 4. The van der Waals surface area contributed by atoms with Crippen LogP contribution in [0, 0.1) is 5.41 Å². The first-order chi connectivity index (χ1) is 14.4. The minimum absolute atomic E-state index is 0.104. The van der Waals surface area contributed by atoms with Crippen LogP contribution in [0.5, 0.6) is 11.5 Å². The Bertz CT molecular complexity index is 819. The minimum Gasteiger partial charge on any atom is -0.497 e. The van der Waals surface area contributed by atoms with Crippen LogP contribution in [0.2, 0.25) is 0 Å². The van der Waals surface area contributed by atoms with Crippen LogP contribution in [0.25, 0.3) is 5.57 Å². The smallest absolute Gasteiger partial charge is 0.118 e. The molecule has 0 atom stereocenters. The Labute approximate surface area is 190 Å². The summed E-state index contributed by atoms with van der Waals surface area (Å²) in [5, 5.41) is 0. The highest BCUT2D eigenvalue weighted by atomic mass is 32.2. The monoisotopic (exact) mass is 440 g/mol. The van der Waals surface area contributed by atoms with Gasteiger partial charge in [0.05, 0.1) is 18.3 Å². The molecule has 4 heteroatoms. The number of thioether (sulfide) groups is 2. The number of ether oxygens (including phenoxy) is 2. The maximum Gasteiger partial charge on any atom is 0.118 e. The van der Waals surface area contributed by atoms with Crippen molar-refractivity contribution >= 4 is 29.1 Å². The van der Waals surface area contributed by atoms with Gasteiger partial charge in [-0.2, -0.15) is 0 Å². The number of hydrogen-bond donors (Lipinski definition) is 0. The van der Waals surface area contributed by atoms with Gasteiger partial charge in [0.1, 0.15) is 11.5 Å². The first-order valence-electron chi connectivity index (χ1n) is 10.3. The van der Waals surface area contributed by atoms with Crippen LogP contribution < -0.4 is 9.47 Å². The summed E-state index contributed by atoms with van der Waals surface area (Å²) in [6, 6.07) is 16.5. The molecular weight excluding hydrogens is 408 g/mol. The molecule has 1 heterocycles. The lowest BCUT2D eigenvalue weighted by atomic mass is 9.90. The van der Waals surface area contributed by atoms with Gasteiger partial charge in [-0.05, 0) is 64.3 Å². The lowest BCUT2D eigenvalue weighted by Crippen LogP contribution is -2.37. The van der Waals surface area contributed by atoms with Gasteiger partial charge in [-0.25, -0.2) is 0 Å². The second-order valence-electron chi connectivity index (χ2n) is 8.36. The van der Waals surface area contributed by atoms with Gasteiger partial charge in [0.25, 0.3) is 0 Å². The normalized spacial score (nSPS) is 16.3. The maximum atomic E-state index is 5.34. The predicted molar refractivity (Wildman–Crippen MR) is 134 cm³/mol. The van der Waals surface area contributed by atoms with Gasteiger partial charge >= 0.3 is 0 Å². The van der Waals surface area contributed by atoms with E-state index in [-0.39, 0.29) is 9.49 Å². The average Bonchev–Trinajstić information content (AvgIpc) is 2.77. The third-order valence-electron chi connectivity index (χ3n) is 5.35. The second kappa shape index (κ2) is 10.0. The molecule has 0 aliphatic carbocycles. The number of benzene rings is 2. The van der Waals surface area contributed by atoms with Crippen LogP contribution >= 0.6 is 23.5 Å². The van der Waals surface area contributed by atoms with Crippen LogP contribution in [-0.4, -0.2) is 29.8 Å². The summed E-state index contributed by atoms with van der Waals surface area (Å²) in [4.78, 5) is 0. The van der Waals surface area contributed by atoms with E-state index >= 15 is 0 Å². The fraction of sp³-hybridized carbons (Fsp3) is 0.385. The van der Waals surface area contributed by atoms with Crippen molar-refractivity contribution in [3.8, 4) is 11.5 Å². The van der Waals surface area contributed by atoms with Crippen molar-refractivity contribution in [3.05, 3.63) is 77.9 Å². The van der Waals surface area contributed by atoms with E-state index in [0.717, 1.165) is 11.5 Å². The van der Waals surface area contributed by atoms with Crippen molar-refractivity contribution in [1.82, 2.24) is 0 Å². The summed E-state index contributed by atoms with van der Waals surface area (Å²) in [5.41, 5.74) is 3.71. The third kappa shape index (κ3) is 5.28. The lowest BCUT2D eigenvalue weighted by Gasteiger charge is -2.44. The van der Waals surface area contributed by atoms with Crippen LogP contribution in [0.15, 0.2) is 66.8 Å². The highest BCUT2D eigenvalue weighted by Gasteiger charge is 2.42. The van der Waals surface area contributed by atoms with Crippen LogP contribution in [0.3, 0.4) is 0 Å². The van der Waals surface area contributed by atoms with Gasteiger partial charge in [0.2, 0.25) is 0 Å². The summed E-state index contributed by atoms with van der Waals surface area (Å²) >= 11 is 4.17. The molecule has 1 fully saturated rings. The molecule has 2 aromatic rings. The van der Waals surface area contributed by atoms with E-state index < -0.39 is 0 Å². The molecule has 1 aliphatic rings. The molecule has 2 nitrogen and oxygen atoms in total. The van der Waals surface area contributed by atoms with Crippen molar-refractivity contribution in [2.75, 3.05) is 25.7 Å². The molecule has 0 saturated carbocycles. The Morgan fingerprint density at radius 3 is 1.70 bits per heavy atom. The van der Waals surface area contributed by atoms with Crippen molar-refractivity contribution in [1.29, 1.82) is 0 Å². The molecular formula is C26H32O2S2. The summed E-state index contributed by atoms with van der Waals surface area (Å²) in [6.07, 6.45) is 8.20. The molecule has 0 spiro atoms. The van der Waals surface area contributed by atoms with Crippen LogP contribution in [0.4, 0.5) is 0 Å². The van der Waals surface area contributed by atoms with E-state index in [4.69, 9.17) is 9.47 Å². The van der Waals surface area contributed by atoms with Crippen molar-refractivity contribution in [2.24, 2.45) is 5.41 Å². The topological polar surface area (TPSA) is 18.5 Å². The lowest BCUT2D eigenvalue weighted by molar-refractivity contribution is 0.407. The molecule has 3 rings (SSSR count). The fourth-order valence-electron chi connectivity index (χ4n) is 3.50. The van der Waals surface area contributed by atoms with E-state index in [1.54, 1.807) is 14.2 Å². The Balaban J connectivity index is 1.99. The fourth-order valence-corrected chi connectivity index (χ4v) is 6.91. The molecule has 1 aliphatic heterocycles. The van der Waals surface area contributed by atoms with Crippen molar-refractivity contribution < 1.29 is 9.47 Å². The quantitative estimate of drug-likeness (QED) is 0.438. The zero-order valence-electron chi connectivity index (χ0n) is 18.6. The number of rotatable bonds is 6. The Morgan fingerprint density at radius 1 is 0.833 bits per heavy atom. The Hall–Kier alpha value is -1.78. The molecule has 0 N–H and O–H groups in total. The predicted octanol–water partition coefficient (Wildman–Crippen LogP) is 7.30. The van der Waals surface area contributed by atoms with Gasteiger partial charge < -0.3 is 9.47 Å². The maximum absolute atomic E-state index is 5.34. The molecule has 0 aromatic heterocycles. The first kappa shape index (κ1) is 22.9. The largest absolute Gasteiger partial charge is 0.497 e. The second-order valence-corrected chi connectivity index (χ2v) is 11.3. The number of allylic oxidation sites excluding steroid dienone is 2. The van der Waals surface area contributed by atoms with Crippen LogP contribution in [-0.2, 0) is 0 Å². The van der Waals surface area contributed by atoms with E-state index in [0.29, 0.717) is 0 Å². The molecule has 2 aromatic carbocycles. The molecule has 0 bridgehead atoms. The first-order valence-corrected chi connectivity index (χ1v) is 12.3. The van der Waals surface area contributed by atoms with Crippen molar-refractivity contribution in [3.63, 3.8) is 0 Å². The van der Waals surface area contributed by atoms with Gasteiger partial charge in [0.15, 0.2) is 0 Å². The van der Waals surface area contributed by atoms with Crippen LogP contribution in [0.1, 0.15) is 38.3 Å². The van der Waals surface area contributed by atoms with Crippen molar-refractivity contribution in [2.45, 2.75) is 31.3 Å². The highest BCUT2D eigenvalue weighted by molar-refractivity contribution is 8.19. The van der Waals surface area contributed by atoms with Gasteiger partial charge in [-0.3, -0.25) is 0 Å². The standard InChI is InChI=1S/C26H32O2S2/c1-25(2,3)26(29-18-7-19-30-26)17-6-8-24(20-9-13-22(27-4)14-10-20)21-11-15-23(28-5)16-12-21/h6,8-17H,7,18-19H2,1-5H3. The molecule has 0 amide bonds. The van der Waals surface area contributed by atoms with Gasteiger partial charge in [-0.15, -0.1) is 23.5 Å². The molecule has 0 unspecified atom stereocenters. The molecule has 160 valence electrons. The minimum atomic E-state index is 0.104. The molecule has 1 saturated heterocycles. The summed E-state index contributed by atoms with van der Waals surface area (Å²) in [7, 11) is 3.40. The van der Waals surface area contributed by atoms with Gasteiger partial charge in [-0.1, -0.05) is 63.3 Å². The molecule has 30 heavy (non-hydrogen) atoms. The number of methoxy groups -OCH3 is 2. The molecule has 0 radical (unpaired) electrons. The summed E-state index contributed by atoms with van der Waals surface area (Å²) in [5.74, 6) is 4.18.